The minimum Gasteiger partial charge on any atom is -0.459 e. The van der Waals surface area contributed by atoms with Crippen molar-refractivity contribution >= 4 is 11.9 Å². The Bertz CT molecular complexity index is 2260. The number of carbonyl (C=O) groups excluding carboxylic acids is 2. The zero-order valence-corrected chi connectivity index (χ0v) is 48.6. The highest BCUT2D eigenvalue weighted by Crippen LogP contribution is 2.45. The predicted octanol–water partition coefficient (Wildman–Crippen LogP) is 5.47. The molecule has 1 amide bonds. The second-order valence-corrected chi connectivity index (χ2v) is 24.0. The molecule has 0 bridgehead atoms. The van der Waals surface area contributed by atoms with Gasteiger partial charge < -0.3 is 64.2 Å². The number of alkyl halides is 1. The van der Waals surface area contributed by atoms with Crippen LogP contribution < -0.4 is 11.0 Å². The first-order valence-corrected chi connectivity index (χ1v) is 27.9. The lowest BCUT2D eigenvalue weighted by Crippen LogP contribution is -2.61. The Morgan fingerprint density at radius 2 is 1.64 bits per heavy atom. The number of halogens is 1. The number of amides is 1. The van der Waals surface area contributed by atoms with Gasteiger partial charge in [0.15, 0.2) is 6.29 Å². The third-order valence-electron chi connectivity index (χ3n) is 17.5. The Morgan fingerprint density at radius 3 is 2.25 bits per heavy atom. The molecule has 434 valence electrons. The number of hydrazine groups is 2. The van der Waals surface area contributed by atoms with Gasteiger partial charge in [0.2, 0.25) is 0 Å². The largest absolute Gasteiger partial charge is 0.459 e. The number of hydrogen-bond donors (Lipinski definition) is 6. The maximum absolute atomic E-state index is 14.7. The van der Waals surface area contributed by atoms with E-state index in [0.717, 1.165) is 28.8 Å². The Balaban J connectivity index is 1.19. The van der Waals surface area contributed by atoms with Crippen LogP contribution in [0.4, 0.5) is 4.39 Å². The lowest BCUT2D eigenvalue weighted by atomic mass is 9.68. The summed E-state index contributed by atoms with van der Waals surface area (Å²) in [5.41, 5.74) is 6.19. The smallest absolute Gasteiger partial charge is 0.309 e. The number of likely N-dealkylation sites (N-methyl/N-ethyl adjacent to an activating group) is 1. The topological polar surface area (TPSA) is 211 Å². The van der Waals surface area contributed by atoms with Crippen LogP contribution in [0.2, 0.25) is 0 Å². The van der Waals surface area contributed by atoms with Crippen molar-refractivity contribution in [3.05, 3.63) is 65.7 Å². The van der Waals surface area contributed by atoms with Crippen LogP contribution in [0.3, 0.4) is 0 Å². The first-order chi connectivity index (χ1) is 36.1. The van der Waals surface area contributed by atoms with Gasteiger partial charge in [-0.1, -0.05) is 58.0 Å². The number of pyridine rings is 1. The van der Waals surface area contributed by atoms with Gasteiger partial charge in [0.1, 0.15) is 36.3 Å². The molecule has 0 aliphatic carbocycles. The number of aliphatic hydroxyl groups excluding tert-OH is 2. The molecule has 5 heterocycles. The van der Waals surface area contributed by atoms with E-state index in [9.17, 15) is 34.4 Å². The maximum Gasteiger partial charge on any atom is 0.309 e. The van der Waals surface area contributed by atoms with Crippen LogP contribution >= 0.6 is 0 Å². The number of aliphatic hydroxyl groups is 4. The van der Waals surface area contributed by atoms with Crippen molar-refractivity contribution in [1.82, 2.24) is 35.7 Å². The van der Waals surface area contributed by atoms with Crippen LogP contribution in [0.5, 0.6) is 0 Å². The summed E-state index contributed by atoms with van der Waals surface area (Å²) in [6.07, 6.45) is 0.251. The van der Waals surface area contributed by atoms with E-state index >= 15 is 0 Å². The van der Waals surface area contributed by atoms with E-state index in [4.69, 9.17) is 23.7 Å². The van der Waals surface area contributed by atoms with Crippen molar-refractivity contribution in [3.63, 3.8) is 0 Å². The van der Waals surface area contributed by atoms with Gasteiger partial charge in [0.05, 0.1) is 47.6 Å². The van der Waals surface area contributed by atoms with E-state index in [2.05, 4.69) is 27.9 Å². The molecule has 19 heteroatoms. The number of cyclic esters (lactones) is 1. The number of aromatic nitrogens is 1. The summed E-state index contributed by atoms with van der Waals surface area (Å²) in [6.45, 7) is 18.9. The maximum atomic E-state index is 14.7. The third-order valence-corrected chi connectivity index (χ3v) is 17.5. The number of nitrogens with zero attached hydrogens (tertiary/aromatic N) is 5. The minimum atomic E-state index is -1.80. The number of ether oxygens (including phenoxy) is 5. The Labute approximate surface area is 457 Å². The standard InChI is InChI=1S/C58H94FN7O11/c1-16-48-58(10,72)51(67)38(6)65(14)32-34(2)28-56(8,71)53(36(4)50(37(5)55(70)76-48)47-29-57(9,73-15)52(68)39(7)75-47)77-49-27-44(25-35(3)74-49)64(13)24-23-43-33-66(62-61-43)45(30-59)26-40-17-19-41(20-18-40)42-21-22-46(60-31-42)54(69)63(11)12/h17-22,31,33-39,44-45,47-53,61-62,67-68,71-72H,16,23-30,32H2,1-15H3/t34-,35-,36+,37-,38-,39+,44+,45+,47?,48-,49?,50+,51?,52+,53-,56-,57-,58-/m1/s1. The lowest BCUT2D eigenvalue weighted by Gasteiger charge is -2.51. The van der Waals surface area contributed by atoms with E-state index in [-0.39, 0.29) is 43.2 Å². The average molecular weight is 1080 g/mol. The molecule has 0 radical (unpaired) electrons. The zero-order valence-electron chi connectivity index (χ0n) is 48.6. The van der Waals surface area contributed by atoms with Gasteiger partial charge in [-0.2, -0.15) is 0 Å². The Morgan fingerprint density at radius 1 is 0.961 bits per heavy atom. The van der Waals surface area contributed by atoms with E-state index in [1.807, 2.05) is 90.0 Å². The Hall–Kier alpha value is -3.86. The molecule has 4 aliphatic heterocycles. The van der Waals surface area contributed by atoms with Crippen LogP contribution in [0.15, 0.2) is 54.5 Å². The predicted molar refractivity (Wildman–Crippen MR) is 292 cm³/mol. The van der Waals surface area contributed by atoms with Crippen molar-refractivity contribution in [2.75, 3.05) is 55.1 Å². The van der Waals surface area contributed by atoms with Crippen LogP contribution in [0.25, 0.3) is 11.1 Å². The summed E-state index contributed by atoms with van der Waals surface area (Å²) >= 11 is 0. The summed E-state index contributed by atoms with van der Waals surface area (Å²) in [7, 11) is 8.89. The Kier molecular flexibility index (Phi) is 21.2. The quantitative estimate of drug-likeness (QED) is 0.122. The fraction of sp³-hybridized carbons (Fsp3) is 0.741. The molecule has 1 aromatic carbocycles. The average Bonchev–Trinajstić information content (AvgIpc) is 3.87. The van der Waals surface area contributed by atoms with Crippen LogP contribution in [0, 0.1) is 23.7 Å². The normalized spacial score (nSPS) is 37.5. The molecule has 6 rings (SSSR count). The summed E-state index contributed by atoms with van der Waals surface area (Å²) in [5.74, 6) is -2.99. The highest BCUT2D eigenvalue weighted by atomic mass is 19.1. The summed E-state index contributed by atoms with van der Waals surface area (Å²) < 4.78 is 47.3. The molecule has 3 fully saturated rings. The zero-order chi connectivity index (χ0) is 56.9. The van der Waals surface area contributed by atoms with Gasteiger partial charge in [0.25, 0.3) is 5.91 Å². The minimum absolute atomic E-state index is 0.0310. The molecule has 2 aromatic rings. The molecule has 3 saturated heterocycles. The van der Waals surface area contributed by atoms with Gasteiger partial charge in [0, 0.05) is 95.2 Å². The number of esters is 1. The molecule has 0 saturated carbocycles. The van der Waals surface area contributed by atoms with Crippen LogP contribution in [0.1, 0.15) is 124 Å². The monoisotopic (exact) mass is 1080 g/mol. The van der Waals surface area contributed by atoms with E-state index in [0.29, 0.717) is 38.0 Å². The highest BCUT2D eigenvalue weighted by Gasteiger charge is 2.54. The SMILES string of the molecule is CC[C@H]1OC(=O)[C@H](C)[C@@H](C2C[C@@](C)(OC)[C@@H](O)[C@H](C)O2)[C@H](C)[C@@H](OC2C[C@@H](N(C)CCC3=CN([C@H](CF)Cc4ccc(-c5ccc(C(=O)N(C)C)nc5)cc4)NN3)C[C@@H](C)O2)[C@](C)(O)C[C@@H](C)CN(C)[C@H](C)C(O)[C@]1(C)O. The van der Waals surface area contributed by atoms with Crippen LogP contribution in [-0.4, -0.2) is 196 Å². The first kappa shape index (κ1) is 62.3. The molecule has 77 heavy (non-hydrogen) atoms. The summed E-state index contributed by atoms with van der Waals surface area (Å²) in [4.78, 5) is 37.0. The second kappa shape index (κ2) is 26.2. The van der Waals surface area contributed by atoms with E-state index in [1.165, 1.54) is 11.8 Å². The number of carbonyl (C=O) groups is 2. The molecule has 18 atom stereocenters. The summed E-state index contributed by atoms with van der Waals surface area (Å²) in [6, 6.07) is 10.6. The molecule has 18 nitrogen and oxygen atoms in total. The number of nitrogens with one attached hydrogen (secondary N) is 2. The van der Waals surface area contributed by atoms with Crippen molar-refractivity contribution < 1.29 is 58.1 Å². The number of benzene rings is 1. The van der Waals surface area contributed by atoms with Gasteiger partial charge in [-0.05, 0) is 110 Å². The molecular weight excluding hydrogens is 990 g/mol. The number of hydrogen-bond acceptors (Lipinski definition) is 17. The van der Waals surface area contributed by atoms with Gasteiger partial charge >= 0.3 is 5.97 Å². The molecule has 0 spiro atoms. The fourth-order valence-electron chi connectivity index (χ4n) is 12.6. The molecule has 3 unspecified atom stereocenters. The molecule has 1 aromatic heterocycles. The number of methoxy groups -OCH3 is 1. The highest BCUT2D eigenvalue weighted by molar-refractivity contribution is 5.92. The third kappa shape index (κ3) is 14.7. The van der Waals surface area contributed by atoms with Gasteiger partial charge in [-0.3, -0.25) is 19.6 Å². The van der Waals surface area contributed by atoms with Crippen molar-refractivity contribution in [3.8, 4) is 11.1 Å². The molecule has 6 N–H and O–H groups in total. The van der Waals surface area contributed by atoms with E-state index in [1.54, 1.807) is 59.2 Å². The molecule has 4 aliphatic rings. The fourth-order valence-corrected chi connectivity index (χ4v) is 12.6. The van der Waals surface area contributed by atoms with Crippen molar-refractivity contribution in [2.24, 2.45) is 23.7 Å². The van der Waals surface area contributed by atoms with Crippen molar-refractivity contribution in [1.29, 1.82) is 0 Å². The lowest BCUT2D eigenvalue weighted by molar-refractivity contribution is -0.275. The van der Waals surface area contributed by atoms with Gasteiger partial charge in [-0.25, -0.2) is 4.39 Å². The van der Waals surface area contributed by atoms with Crippen molar-refractivity contribution in [2.45, 2.75) is 198 Å². The summed E-state index contributed by atoms with van der Waals surface area (Å²) in [5, 5.41) is 49.7. The van der Waals surface area contributed by atoms with Crippen LogP contribution in [-0.2, 0) is 34.9 Å². The van der Waals surface area contributed by atoms with E-state index < -0.39 is 102 Å². The second-order valence-electron chi connectivity index (χ2n) is 24.0. The first-order valence-electron chi connectivity index (χ1n) is 27.9. The number of rotatable bonds is 15. The van der Waals surface area contributed by atoms with Gasteiger partial charge in [-0.15, -0.1) is 5.53 Å². The molecular formula is C58H94FN7O11.